The zero-order valence-electron chi connectivity index (χ0n) is 6.48. The van der Waals surface area contributed by atoms with E-state index in [1.165, 1.54) is 25.7 Å². The van der Waals surface area contributed by atoms with Crippen LogP contribution in [0.15, 0.2) is 0 Å². The minimum Gasteiger partial charge on any atom is -0.317 e. The van der Waals surface area contributed by atoms with Crippen LogP contribution in [0, 0.1) is 5.92 Å². The first-order chi connectivity index (χ1) is 4.33. The Kier molecular flexibility index (Phi) is 2.52. The van der Waals surface area contributed by atoms with E-state index in [0.29, 0.717) is 0 Å². The van der Waals surface area contributed by atoms with Gasteiger partial charge >= 0.3 is 0 Å². The summed E-state index contributed by atoms with van der Waals surface area (Å²) in [5.74, 6) is 0.955. The van der Waals surface area contributed by atoms with Crippen molar-refractivity contribution >= 4 is 0 Å². The number of hydrogen-bond donors (Lipinski definition) is 1. The molecule has 1 N–H and O–H groups in total. The summed E-state index contributed by atoms with van der Waals surface area (Å²) in [7, 11) is 2.07. The van der Waals surface area contributed by atoms with Gasteiger partial charge in [-0.05, 0) is 25.8 Å². The molecule has 1 aliphatic rings. The Balaban J connectivity index is 2.23. The largest absolute Gasteiger partial charge is 0.317 e. The van der Waals surface area contributed by atoms with Gasteiger partial charge in [0.25, 0.3) is 0 Å². The summed E-state index contributed by atoms with van der Waals surface area (Å²) in [6.45, 7) is 2.35. The fourth-order valence-corrected chi connectivity index (χ4v) is 1.70. The summed E-state index contributed by atoms with van der Waals surface area (Å²) < 4.78 is 0. The maximum atomic E-state index is 3.33. The molecule has 2 atom stereocenters. The van der Waals surface area contributed by atoms with Gasteiger partial charge in [-0.1, -0.05) is 19.8 Å². The summed E-state index contributed by atoms with van der Waals surface area (Å²) in [4.78, 5) is 0. The van der Waals surface area contributed by atoms with E-state index in [1.807, 2.05) is 0 Å². The summed E-state index contributed by atoms with van der Waals surface area (Å²) in [6.07, 6.45) is 5.64. The van der Waals surface area contributed by atoms with Crippen molar-refractivity contribution in [1.82, 2.24) is 5.32 Å². The van der Waals surface area contributed by atoms with E-state index in [2.05, 4.69) is 19.3 Å². The lowest BCUT2D eigenvalue weighted by Crippen LogP contribution is -2.30. The highest BCUT2D eigenvalue weighted by atomic mass is 14.9. The normalized spacial score (nSPS) is 36.7. The monoisotopic (exact) mass is 127 g/mol. The summed E-state index contributed by atoms with van der Waals surface area (Å²) >= 11 is 0. The van der Waals surface area contributed by atoms with Gasteiger partial charge in [-0.2, -0.15) is 0 Å². The van der Waals surface area contributed by atoms with Crippen molar-refractivity contribution in [1.29, 1.82) is 0 Å². The molecule has 54 valence electrons. The van der Waals surface area contributed by atoms with Crippen LogP contribution in [0.1, 0.15) is 32.6 Å². The maximum Gasteiger partial charge on any atom is 0.00666 e. The van der Waals surface area contributed by atoms with Gasteiger partial charge in [0.05, 0.1) is 0 Å². The highest BCUT2D eigenvalue weighted by Crippen LogP contribution is 2.22. The van der Waals surface area contributed by atoms with E-state index in [0.717, 1.165) is 12.0 Å². The van der Waals surface area contributed by atoms with Crippen LogP contribution in [-0.2, 0) is 0 Å². The van der Waals surface area contributed by atoms with E-state index >= 15 is 0 Å². The maximum absolute atomic E-state index is 3.33. The van der Waals surface area contributed by atoms with Crippen LogP contribution < -0.4 is 5.32 Å². The topological polar surface area (TPSA) is 12.0 Å². The Labute approximate surface area is 57.8 Å². The first-order valence-corrected chi connectivity index (χ1v) is 4.00. The Bertz CT molecular complexity index is 80.6. The van der Waals surface area contributed by atoms with Crippen LogP contribution in [-0.4, -0.2) is 13.1 Å². The van der Waals surface area contributed by atoms with Crippen molar-refractivity contribution in [2.75, 3.05) is 7.05 Å². The summed E-state index contributed by atoms with van der Waals surface area (Å²) in [5, 5.41) is 3.33. The summed E-state index contributed by atoms with van der Waals surface area (Å²) in [5.41, 5.74) is 0. The minimum atomic E-state index is 0.814. The van der Waals surface area contributed by atoms with E-state index in [-0.39, 0.29) is 0 Å². The molecular weight excluding hydrogens is 110 g/mol. The predicted molar refractivity (Wildman–Crippen MR) is 40.5 cm³/mol. The Hall–Kier alpha value is -0.0400. The lowest BCUT2D eigenvalue weighted by molar-refractivity contribution is 0.314. The minimum absolute atomic E-state index is 0.814. The molecule has 1 fully saturated rings. The van der Waals surface area contributed by atoms with Crippen LogP contribution in [0.3, 0.4) is 0 Å². The first-order valence-electron chi connectivity index (χ1n) is 4.00. The summed E-state index contributed by atoms with van der Waals surface area (Å²) in [6, 6.07) is 0.814. The zero-order valence-corrected chi connectivity index (χ0v) is 6.48. The van der Waals surface area contributed by atoms with Gasteiger partial charge in [0.15, 0.2) is 0 Å². The van der Waals surface area contributed by atoms with Crippen molar-refractivity contribution in [2.45, 2.75) is 38.6 Å². The Morgan fingerprint density at radius 2 is 2.11 bits per heavy atom. The predicted octanol–water partition coefficient (Wildman–Crippen LogP) is 1.78. The molecular formula is C8H17N. The van der Waals surface area contributed by atoms with Gasteiger partial charge in [0.1, 0.15) is 0 Å². The Morgan fingerprint density at radius 3 is 2.56 bits per heavy atom. The highest BCUT2D eigenvalue weighted by molar-refractivity contribution is 4.73. The van der Waals surface area contributed by atoms with Gasteiger partial charge in [-0.15, -0.1) is 0 Å². The molecule has 0 bridgehead atoms. The quantitative estimate of drug-likeness (QED) is 0.566. The molecule has 0 amide bonds. The van der Waals surface area contributed by atoms with Crippen LogP contribution in [0.4, 0.5) is 0 Å². The van der Waals surface area contributed by atoms with Crippen molar-refractivity contribution in [3.8, 4) is 0 Å². The van der Waals surface area contributed by atoms with E-state index in [4.69, 9.17) is 0 Å². The molecule has 1 heteroatoms. The first kappa shape index (κ1) is 7.07. The number of nitrogens with one attached hydrogen (secondary N) is 1. The van der Waals surface area contributed by atoms with Gasteiger partial charge in [0, 0.05) is 6.04 Å². The standard InChI is InChI=1S/C8H17N/c1-7-4-3-5-8(6-7)9-2/h7-9H,3-6H2,1-2H3/t7?,8-/m1/s1. The number of hydrogen-bond acceptors (Lipinski definition) is 1. The average molecular weight is 127 g/mol. The van der Waals surface area contributed by atoms with E-state index < -0.39 is 0 Å². The molecule has 1 nitrogen and oxygen atoms in total. The van der Waals surface area contributed by atoms with Gasteiger partial charge in [-0.3, -0.25) is 0 Å². The number of rotatable bonds is 1. The molecule has 0 aromatic carbocycles. The van der Waals surface area contributed by atoms with Crippen LogP contribution in [0.25, 0.3) is 0 Å². The Morgan fingerprint density at radius 1 is 1.33 bits per heavy atom. The molecule has 0 aromatic rings. The molecule has 0 radical (unpaired) electrons. The van der Waals surface area contributed by atoms with Crippen molar-refractivity contribution < 1.29 is 0 Å². The van der Waals surface area contributed by atoms with Crippen molar-refractivity contribution in [3.63, 3.8) is 0 Å². The van der Waals surface area contributed by atoms with Crippen LogP contribution in [0.5, 0.6) is 0 Å². The third-order valence-electron chi connectivity index (χ3n) is 2.34. The molecule has 1 rings (SSSR count). The molecule has 0 aromatic heterocycles. The molecule has 1 unspecified atom stereocenters. The van der Waals surface area contributed by atoms with Crippen LogP contribution >= 0.6 is 0 Å². The van der Waals surface area contributed by atoms with Crippen LogP contribution in [0.2, 0.25) is 0 Å². The molecule has 1 aliphatic carbocycles. The van der Waals surface area contributed by atoms with Crippen molar-refractivity contribution in [3.05, 3.63) is 0 Å². The molecule has 0 heterocycles. The molecule has 1 saturated carbocycles. The van der Waals surface area contributed by atoms with E-state index in [1.54, 1.807) is 0 Å². The third kappa shape index (κ3) is 1.98. The van der Waals surface area contributed by atoms with Gasteiger partial charge < -0.3 is 5.32 Å². The second-order valence-corrected chi connectivity index (χ2v) is 3.26. The lowest BCUT2D eigenvalue weighted by Gasteiger charge is -2.25. The van der Waals surface area contributed by atoms with Gasteiger partial charge in [-0.25, -0.2) is 0 Å². The van der Waals surface area contributed by atoms with E-state index in [9.17, 15) is 0 Å². The highest BCUT2D eigenvalue weighted by Gasteiger charge is 2.16. The smallest absolute Gasteiger partial charge is 0.00666 e. The fourth-order valence-electron chi connectivity index (χ4n) is 1.70. The fraction of sp³-hybridized carbons (Fsp3) is 1.00. The molecule has 9 heavy (non-hydrogen) atoms. The average Bonchev–Trinajstić information content (AvgIpc) is 1.88. The molecule has 0 aliphatic heterocycles. The molecule has 0 spiro atoms. The lowest BCUT2D eigenvalue weighted by atomic mass is 9.87. The molecule has 0 saturated heterocycles. The van der Waals surface area contributed by atoms with Gasteiger partial charge in [0.2, 0.25) is 0 Å². The second kappa shape index (κ2) is 3.21. The van der Waals surface area contributed by atoms with Crippen molar-refractivity contribution in [2.24, 2.45) is 5.92 Å². The second-order valence-electron chi connectivity index (χ2n) is 3.26. The SMILES string of the molecule is CN[C@@H]1CCCC(C)C1. The zero-order chi connectivity index (χ0) is 6.69. The third-order valence-corrected chi connectivity index (χ3v) is 2.34.